The predicted octanol–water partition coefficient (Wildman–Crippen LogP) is 3.81. The highest BCUT2D eigenvalue weighted by molar-refractivity contribution is 8.05. The average Bonchev–Trinajstić information content (AvgIpc) is 2.83. The first-order valence-corrected chi connectivity index (χ1v) is 20.5. The zero-order valence-corrected chi connectivity index (χ0v) is 26.2. The molecule has 0 unspecified atom stereocenters. The van der Waals surface area contributed by atoms with Gasteiger partial charge in [0.05, 0.1) is 26.4 Å². The summed E-state index contributed by atoms with van der Waals surface area (Å²) in [6, 6.07) is 0. The Morgan fingerprint density at radius 1 is 0.303 bits per heavy atom. The molecule has 0 aliphatic heterocycles. The monoisotopic (exact) mass is 616 g/mol. The summed E-state index contributed by atoms with van der Waals surface area (Å²) in [4.78, 5) is 0. The number of hydrogen-bond acceptors (Lipinski definition) is 12. The van der Waals surface area contributed by atoms with Crippen LogP contribution in [0.15, 0.2) is 0 Å². The van der Waals surface area contributed by atoms with Gasteiger partial charge in [0, 0.05) is 97.5 Å². The van der Waals surface area contributed by atoms with Gasteiger partial charge in [-0.1, -0.05) is 0 Å². The van der Waals surface area contributed by atoms with Gasteiger partial charge in [0.1, 0.15) is 0 Å². The lowest BCUT2D eigenvalue weighted by Gasteiger charge is -2.33. The molecule has 0 aliphatic rings. The molecule has 0 bridgehead atoms. The number of rotatable bonds is 28. The molecule has 0 aromatic heterocycles. The minimum absolute atomic E-state index is 0.264. The minimum atomic E-state index is 0.264. The van der Waals surface area contributed by atoms with Crippen LogP contribution in [0, 0.1) is 5.41 Å². The number of aliphatic hydroxyl groups is 4. The summed E-state index contributed by atoms with van der Waals surface area (Å²) in [5.74, 6) is 17.0. The molecule has 0 atom stereocenters. The van der Waals surface area contributed by atoms with E-state index in [4.69, 9.17) is 20.4 Å². The van der Waals surface area contributed by atoms with Crippen molar-refractivity contribution in [3.8, 4) is 0 Å². The van der Waals surface area contributed by atoms with E-state index in [9.17, 15) is 0 Å². The largest absolute Gasteiger partial charge is 0.396 e. The Hall–Kier alpha value is 2.64. The molecule has 0 aliphatic carbocycles. The number of aliphatic hydroxyl groups excluding tert-OH is 4. The van der Waals surface area contributed by atoms with E-state index in [2.05, 4.69) is 47.0 Å². The molecule has 33 heavy (non-hydrogen) atoms. The van der Waals surface area contributed by atoms with Crippen LogP contribution in [-0.2, 0) is 0 Å². The molecule has 4 nitrogen and oxygen atoms in total. The van der Waals surface area contributed by atoms with Crippen molar-refractivity contribution in [2.75, 3.05) is 118 Å². The smallest absolute Gasteiger partial charge is 0.0521 e. The average molecular weight is 617 g/mol. The highest BCUT2D eigenvalue weighted by atomic mass is 32.2. The molecule has 0 amide bonds. The van der Waals surface area contributed by atoms with Crippen LogP contribution in [0.1, 0.15) is 0 Å². The molecule has 0 heterocycles. The summed E-state index contributed by atoms with van der Waals surface area (Å²) in [5.41, 5.74) is 0.303. The number of hydrogen-bond donors (Lipinski definition) is 4. The van der Waals surface area contributed by atoms with E-state index >= 15 is 0 Å². The van der Waals surface area contributed by atoms with Crippen LogP contribution in [0.25, 0.3) is 0 Å². The molecular weight excluding hydrogens is 573 g/mol. The molecule has 4 N–H and O–H groups in total. The van der Waals surface area contributed by atoms with Gasteiger partial charge in [-0.15, -0.1) is 0 Å². The van der Waals surface area contributed by atoms with Gasteiger partial charge in [-0.25, -0.2) is 0 Å². The highest BCUT2D eigenvalue weighted by Gasteiger charge is 2.30. The molecule has 12 heteroatoms. The summed E-state index contributed by atoms with van der Waals surface area (Å²) in [6.07, 6.45) is 0. The van der Waals surface area contributed by atoms with Crippen LogP contribution in [-0.4, -0.2) is 139 Å². The zero-order chi connectivity index (χ0) is 24.3. The van der Waals surface area contributed by atoms with E-state index < -0.39 is 0 Å². The second-order valence-electron chi connectivity index (χ2n) is 7.05. The van der Waals surface area contributed by atoms with Gasteiger partial charge >= 0.3 is 0 Å². The second kappa shape index (κ2) is 29.2. The van der Waals surface area contributed by atoms with E-state index in [1.165, 1.54) is 23.0 Å². The van der Waals surface area contributed by atoms with E-state index in [0.29, 0.717) is 5.41 Å². The van der Waals surface area contributed by atoms with E-state index in [1.807, 2.05) is 47.0 Å². The maximum atomic E-state index is 8.99. The Labute approximate surface area is 236 Å². The molecule has 0 saturated heterocycles. The van der Waals surface area contributed by atoms with Crippen molar-refractivity contribution >= 4 is 94.1 Å². The van der Waals surface area contributed by atoms with Gasteiger partial charge in [-0.3, -0.25) is 0 Å². The van der Waals surface area contributed by atoms with Crippen molar-refractivity contribution in [2.24, 2.45) is 5.41 Å². The normalized spacial score (nSPS) is 12.0. The van der Waals surface area contributed by atoms with E-state index in [1.54, 1.807) is 0 Å². The fraction of sp³-hybridized carbons (Fsp3) is 1.00. The predicted molar refractivity (Wildman–Crippen MR) is 169 cm³/mol. The topological polar surface area (TPSA) is 80.9 Å². The van der Waals surface area contributed by atoms with Crippen molar-refractivity contribution in [2.45, 2.75) is 0 Å². The van der Waals surface area contributed by atoms with Crippen LogP contribution in [0.2, 0.25) is 0 Å². The standard InChI is InChI=1S/C21H44O4S8/c22-1-5-26-9-13-30-17-21(18-31-14-10-27-6-2-23,19-32-15-11-28-7-3-24)20-33-16-12-29-8-4-25/h22-25H,1-20H2. The summed E-state index contributed by atoms with van der Waals surface area (Å²) in [7, 11) is 0. The molecule has 0 aromatic rings. The van der Waals surface area contributed by atoms with Gasteiger partial charge in [-0.2, -0.15) is 94.1 Å². The molecule has 0 fully saturated rings. The van der Waals surface area contributed by atoms with Crippen molar-refractivity contribution in [3.63, 3.8) is 0 Å². The first kappa shape index (κ1) is 35.6. The van der Waals surface area contributed by atoms with Crippen molar-refractivity contribution in [1.29, 1.82) is 0 Å². The number of thioether (sulfide) groups is 8. The van der Waals surface area contributed by atoms with Crippen LogP contribution in [0.4, 0.5) is 0 Å². The van der Waals surface area contributed by atoms with Crippen molar-refractivity contribution in [1.82, 2.24) is 0 Å². The van der Waals surface area contributed by atoms with Gasteiger partial charge in [-0.05, 0) is 0 Å². The van der Waals surface area contributed by atoms with Crippen LogP contribution >= 0.6 is 94.1 Å². The zero-order valence-electron chi connectivity index (χ0n) is 19.7. The first-order valence-electron chi connectivity index (χ1n) is 11.3. The quantitative estimate of drug-likeness (QED) is 0.0966. The highest BCUT2D eigenvalue weighted by Crippen LogP contribution is 2.36. The lowest BCUT2D eigenvalue weighted by atomic mass is 9.99. The Balaban J connectivity index is 4.74. The van der Waals surface area contributed by atoms with Gasteiger partial charge in [0.25, 0.3) is 0 Å². The fourth-order valence-electron chi connectivity index (χ4n) is 2.54. The molecule has 0 radical (unpaired) electrons. The maximum absolute atomic E-state index is 8.99. The summed E-state index contributed by atoms with van der Waals surface area (Å²) in [6.45, 7) is 1.06. The Kier molecular flexibility index (Phi) is 31.5. The SMILES string of the molecule is OCCSCCSCC(CSCCSCCO)(CSCCSCCO)CSCCSCCO. The van der Waals surface area contributed by atoms with Gasteiger partial charge in [0.2, 0.25) is 0 Å². The Bertz CT molecular complexity index is 317. The van der Waals surface area contributed by atoms with E-state index in [-0.39, 0.29) is 26.4 Å². The second-order valence-corrected chi connectivity index (χ2v) is 16.4. The van der Waals surface area contributed by atoms with Crippen molar-refractivity contribution < 1.29 is 20.4 Å². The molecular formula is C21H44O4S8. The third kappa shape index (κ3) is 24.7. The summed E-state index contributed by atoms with van der Waals surface area (Å²) >= 11 is 15.6. The molecule has 0 saturated carbocycles. The molecule has 200 valence electrons. The third-order valence-corrected chi connectivity index (χ3v) is 14.2. The van der Waals surface area contributed by atoms with E-state index in [0.717, 1.165) is 69.0 Å². The Morgan fingerprint density at radius 2 is 0.515 bits per heavy atom. The molecule has 0 rings (SSSR count). The van der Waals surface area contributed by atoms with Crippen LogP contribution < -0.4 is 0 Å². The molecule has 0 aromatic carbocycles. The van der Waals surface area contributed by atoms with Crippen molar-refractivity contribution in [3.05, 3.63) is 0 Å². The fourth-order valence-corrected chi connectivity index (χ4v) is 12.0. The lowest BCUT2D eigenvalue weighted by molar-refractivity contribution is 0.322. The lowest BCUT2D eigenvalue weighted by Crippen LogP contribution is -2.34. The summed E-state index contributed by atoms with van der Waals surface area (Å²) in [5, 5.41) is 36.0. The Morgan fingerprint density at radius 3 is 0.727 bits per heavy atom. The first-order chi connectivity index (χ1) is 16.2. The summed E-state index contributed by atoms with van der Waals surface area (Å²) < 4.78 is 0. The third-order valence-electron chi connectivity index (χ3n) is 4.06. The van der Waals surface area contributed by atoms with Gasteiger partial charge in [0.15, 0.2) is 0 Å². The molecule has 0 spiro atoms. The maximum Gasteiger partial charge on any atom is 0.0521 e. The van der Waals surface area contributed by atoms with Crippen LogP contribution in [0.5, 0.6) is 0 Å². The van der Waals surface area contributed by atoms with Gasteiger partial charge < -0.3 is 20.4 Å². The minimum Gasteiger partial charge on any atom is -0.396 e. The van der Waals surface area contributed by atoms with Crippen LogP contribution in [0.3, 0.4) is 0 Å².